The molecule has 1 aromatic carbocycles. The molecule has 1 N–H and O–H groups in total. The highest BCUT2D eigenvalue weighted by atomic mass is 19.1. The van der Waals surface area contributed by atoms with Gasteiger partial charge in [-0.25, -0.2) is 4.39 Å². The minimum Gasteiger partial charge on any atom is -0.469 e. The molecule has 0 spiro atoms. The Morgan fingerprint density at radius 2 is 1.94 bits per heavy atom. The Bertz CT molecular complexity index is 459. The maximum atomic E-state index is 12.7. The fraction of sp³-hybridized carbons (Fsp3) is 0.231. The van der Waals surface area contributed by atoms with Gasteiger partial charge in [-0.05, 0) is 30.7 Å². The van der Waals surface area contributed by atoms with Gasteiger partial charge in [0, 0.05) is 12.0 Å². The SMILES string of the molecule is Cc1occc1C(O)Cc1ccc(F)cc1. The minimum atomic E-state index is -0.607. The largest absolute Gasteiger partial charge is 0.469 e. The molecule has 0 saturated heterocycles. The van der Waals surface area contributed by atoms with Crippen molar-refractivity contribution in [3.8, 4) is 0 Å². The van der Waals surface area contributed by atoms with Gasteiger partial charge < -0.3 is 9.52 Å². The van der Waals surface area contributed by atoms with Gasteiger partial charge in [-0.1, -0.05) is 12.1 Å². The monoisotopic (exact) mass is 220 g/mol. The Labute approximate surface area is 93.3 Å². The van der Waals surface area contributed by atoms with E-state index in [4.69, 9.17) is 4.42 Å². The summed E-state index contributed by atoms with van der Waals surface area (Å²) >= 11 is 0. The standard InChI is InChI=1S/C13H13FO2/c1-9-12(6-7-16-9)13(15)8-10-2-4-11(14)5-3-10/h2-7,13,15H,8H2,1H3. The van der Waals surface area contributed by atoms with E-state index < -0.39 is 6.10 Å². The molecule has 1 unspecified atom stereocenters. The van der Waals surface area contributed by atoms with Crippen LogP contribution in [0.5, 0.6) is 0 Å². The normalized spacial score (nSPS) is 12.7. The van der Waals surface area contributed by atoms with Gasteiger partial charge in [0.2, 0.25) is 0 Å². The van der Waals surface area contributed by atoms with E-state index >= 15 is 0 Å². The number of hydrogen-bond acceptors (Lipinski definition) is 2. The van der Waals surface area contributed by atoms with Crippen molar-refractivity contribution in [3.63, 3.8) is 0 Å². The second-order valence-electron chi connectivity index (χ2n) is 3.78. The molecule has 0 fully saturated rings. The third kappa shape index (κ3) is 2.31. The summed E-state index contributed by atoms with van der Waals surface area (Å²) in [6.45, 7) is 1.81. The average molecular weight is 220 g/mol. The number of hydrogen-bond donors (Lipinski definition) is 1. The third-order valence-corrected chi connectivity index (χ3v) is 2.60. The maximum absolute atomic E-state index is 12.7. The molecule has 2 rings (SSSR count). The van der Waals surface area contributed by atoms with E-state index in [1.807, 2.05) is 6.92 Å². The molecule has 0 bridgehead atoms. The lowest BCUT2D eigenvalue weighted by Crippen LogP contribution is -2.01. The molecule has 0 aliphatic rings. The Kier molecular flexibility index (Phi) is 3.06. The zero-order valence-corrected chi connectivity index (χ0v) is 8.98. The van der Waals surface area contributed by atoms with E-state index in [1.165, 1.54) is 12.1 Å². The van der Waals surface area contributed by atoms with Crippen LogP contribution in [0.4, 0.5) is 4.39 Å². The number of aliphatic hydroxyl groups is 1. The molecule has 16 heavy (non-hydrogen) atoms. The summed E-state index contributed by atoms with van der Waals surface area (Å²) in [5.41, 5.74) is 1.68. The molecular weight excluding hydrogens is 207 g/mol. The number of halogens is 1. The predicted octanol–water partition coefficient (Wildman–Crippen LogP) is 3.00. The Morgan fingerprint density at radius 3 is 2.50 bits per heavy atom. The van der Waals surface area contributed by atoms with Gasteiger partial charge in [0.05, 0.1) is 12.4 Å². The van der Waals surface area contributed by atoms with Gasteiger partial charge in [-0.2, -0.15) is 0 Å². The summed E-state index contributed by atoms with van der Waals surface area (Å²) in [6.07, 6.45) is 1.41. The van der Waals surface area contributed by atoms with E-state index in [0.29, 0.717) is 6.42 Å². The first-order valence-electron chi connectivity index (χ1n) is 5.13. The van der Waals surface area contributed by atoms with Gasteiger partial charge in [0.15, 0.2) is 0 Å². The average Bonchev–Trinajstić information content (AvgIpc) is 2.68. The molecule has 84 valence electrons. The van der Waals surface area contributed by atoms with Crippen molar-refractivity contribution >= 4 is 0 Å². The van der Waals surface area contributed by atoms with Crippen LogP contribution >= 0.6 is 0 Å². The van der Waals surface area contributed by atoms with Gasteiger partial charge in [0.1, 0.15) is 11.6 Å². The molecule has 1 atom stereocenters. The fourth-order valence-corrected chi connectivity index (χ4v) is 1.69. The van der Waals surface area contributed by atoms with Crippen LogP contribution in [0.25, 0.3) is 0 Å². The maximum Gasteiger partial charge on any atom is 0.123 e. The van der Waals surface area contributed by atoms with E-state index in [-0.39, 0.29) is 5.82 Å². The molecule has 2 nitrogen and oxygen atoms in total. The molecule has 0 amide bonds. The number of aliphatic hydroxyl groups excluding tert-OH is 1. The number of aryl methyl sites for hydroxylation is 1. The lowest BCUT2D eigenvalue weighted by Gasteiger charge is -2.09. The van der Waals surface area contributed by atoms with Crippen molar-refractivity contribution in [1.82, 2.24) is 0 Å². The van der Waals surface area contributed by atoms with E-state index in [2.05, 4.69) is 0 Å². The zero-order valence-electron chi connectivity index (χ0n) is 8.98. The summed E-state index contributed by atoms with van der Waals surface area (Å²) in [5.74, 6) is 0.451. The summed E-state index contributed by atoms with van der Waals surface area (Å²) in [4.78, 5) is 0. The zero-order chi connectivity index (χ0) is 11.5. The Hall–Kier alpha value is -1.61. The molecule has 1 aromatic heterocycles. The Balaban J connectivity index is 2.10. The first-order valence-corrected chi connectivity index (χ1v) is 5.13. The first-order chi connectivity index (χ1) is 7.66. The third-order valence-electron chi connectivity index (χ3n) is 2.60. The molecule has 3 heteroatoms. The molecule has 0 aliphatic heterocycles. The summed E-state index contributed by atoms with van der Waals surface area (Å²) in [5, 5.41) is 9.96. The van der Waals surface area contributed by atoms with Crippen LogP contribution in [0.3, 0.4) is 0 Å². The van der Waals surface area contributed by atoms with Gasteiger partial charge in [-0.15, -0.1) is 0 Å². The van der Waals surface area contributed by atoms with Crippen molar-refractivity contribution in [3.05, 3.63) is 59.3 Å². The second-order valence-corrected chi connectivity index (χ2v) is 3.78. The highest BCUT2D eigenvalue weighted by Crippen LogP contribution is 2.22. The van der Waals surface area contributed by atoms with E-state index in [0.717, 1.165) is 16.9 Å². The quantitative estimate of drug-likeness (QED) is 0.862. The fourth-order valence-electron chi connectivity index (χ4n) is 1.69. The topological polar surface area (TPSA) is 33.4 Å². The molecule has 2 aromatic rings. The molecule has 0 aliphatic carbocycles. The van der Waals surface area contributed by atoms with Crippen LogP contribution in [0.2, 0.25) is 0 Å². The van der Waals surface area contributed by atoms with Crippen molar-refractivity contribution < 1.29 is 13.9 Å². The second kappa shape index (κ2) is 4.49. The van der Waals surface area contributed by atoms with E-state index in [9.17, 15) is 9.50 Å². The molecule has 0 radical (unpaired) electrons. The minimum absolute atomic E-state index is 0.266. The molecule has 1 heterocycles. The van der Waals surface area contributed by atoms with Gasteiger partial charge in [0.25, 0.3) is 0 Å². The summed E-state index contributed by atoms with van der Waals surface area (Å²) < 4.78 is 17.8. The highest BCUT2D eigenvalue weighted by Gasteiger charge is 2.13. The number of furan rings is 1. The van der Waals surface area contributed by atoms with Gasteiger partial charge >= 0.3 is 0 Å². The van der Waals surface area contributed by atoms with Crippen molar-refractivity contribution in [2.75, 3.05) is 0 Å². The van der Waals surface area contributed by atoms with Crippen molar-refractivity contribution in [1.29, 1.82) is 0 Å². The van der Waals surface area contributed by atoms with Crippen molar-refractivity contribution in [2.24, 2.45) is 0 Å². The van der Waals surface area contributed by atoms with Crippen molar-refractivity contribution in [2.45, 2.75) is 19.4 Å². The number of rotatable bonds is 3. The van der Waals surface area contributed by atoms with Crippen LogP contribution in [-0.4, -0.2) is 5.11 Å². The first kappa shape index (κ1) is 10.9. The molecular formula is C13H13FO2. The Morgan fingerprint density at radius 1 is 1.25 bits per heavy atom. The summed E-state index contributed by atoms with van der Waals surface area (Å²) in [6, 6.07) is 7.89. The van der Waals surface area contributed by atoms with Crippen LogP contribution in [0.15, 0.2) is 41.0 Å². The lowest BCUT2D eigenvalue weighted by molar-refractivity contribution is 0.176. The lowest BCUT2D eigenvalue weighted by atomic mass is 10.0. The predicted molar refractivity (Wildman–Crippen MR) is 58.5 cm³/mol. The smallest absolute Gasteiger partial charge is 0.123 e. The highest BCUT2D eigenvalue weighted by molar-refractivity contribution is 5.23. The van der Waals surface area contributed by atoms with Crippen LogP contribution in [-0.2, 0) is 6.42 Å². The van der Waals surface area contributed by atoms with Crippen LogP contribution < -0.4 is 0 Å². The number of benzene rings is 1. The molecule has 0 saturated carbocycles. The van der Waals surface area contributed by atoms with Crippen LogP contribution in [0.1, 0.15) is 23.0 Å². The van der Waals surface area contributed by atoms with Crippen LogP contribution in [0, 0.1) is 12.7 Å². The van der Waals surface area contributed by atoms with Gasteiger partial charge in [-0.3, -0.25) is 0 Å². The van der Waals surface area contributed by atoms with E-state index in [1.54, 1.807) is 24.5 Å². The summed E-state index contributed by atoms with van der Waals surface area (Å²) in [7, 11) is 0.